The Labute approximate surface area is 197 Å². The van der Waals surface area contributed by atoms with E-state index in [0.29, 0.717) is 22.9 Å². The van der Waals surface area contributed by atoms with Crippen LogP contribution in [-0.2, 0) is 14.8 Å². The fraction of sp³-hybridized carbons (Fsp3) is 0.333. The van der Waals surface area contributed by atoms with Crippen molar-refractivity contribution in [1.82, 2.24) is 4.72 Å². The van der Waals surface area contributed by atoms with Gasteiger partial charge in [0.15, 0.2) is 5.75 Å². The summed E-state index contributed by atoms with van der Waals surface area (Å²) in [5, 5.41) is 0.766. The van der Waals surface area contributed by atoms with Gasteiger partial charge in [0.1, 0.15) is 11.6 Å². The van der Waals surface area contributed by atoms with Crippen molar-refractivity contribution >= 4 is 38.6 Å². The normalized spacial score (nSPS) is 12.6. The number of hydrogen-bond donors (Lipinski definition) is 1. The van der Waals surface area contributed by atoms with Crippen LogP contribution in [0.1, 0.15) is 42.9 Å². The average Bonchev–Trinajstić information content (AvgIpc) is 2.76. The van der Waals surface area contributed by atoms with Crippen LogP contribution in [-0.4, -0.2) is 20.4 Å². The first kappa shape index (κ1) is 25.0. The molecule has 3 rings (SSSR count). The maximum Gasteiger partial charge on any atom is 0.339 e. The van der Waals surface area contributed by atoms with Gasteiger partial charge in [-0.15, -0.1) is 0 Å². The molecule has 2 aromatic carbocycles. The lowest BCUT2D eigenvalue weighted by molar-refractivity contribution is -0.136. The van der Waals surface area contributed by atoms with Gasteiger partial charge < -0.3 is 9.15 Å². The summed E-state index contributed by atoms with van der Waals surface area (Å²) in [5.41, 5.74) is 1.83. The number of benzene rings is 2. The molecule has 0 aliphatic rings. The number of ether oxygens (including phenoxy) is 1. The summed E-state index contributed by atoms with van der Waals surface area (Å²) >= 11 is 6.33. The Bertz CT molecular complexity index is 1350. The predicted molar refractivity (Wildman–Crippen MR) is 127 cm³/mol. The Hall–Kier alpha value is -2.68. The standard InChI is InChI=1S/C24H26ClNO6S/c1-5-6-7-20(26-33(29,30)17-10-8-14(2)9-11-17)24(28)32-22-13-21-18(12-19(22)25)15(3)16(4)23(27)31-21/h8-13,20,26H,5-7H2,1-4H3. The zero-order valence-corrected chi connectivity index (χ0v) is 20.5. The SMILES string of the molecule is CCCCC(NS(=O)(=O)c1ccc(C)cc1)C(=O)Oc1cc2oc(=O)c(C)c(C)c2cc1Cl. The molecule has 0 radical (unpaired) electrons. The summed E-state index contributed by atoms with van der Waals surface area (Å²) in [4.78, 5) is 25.0. The maximum atomic E-state index is 13.0. The summed E-state index contributed by atoms with van der Waals surface area (Å²) in [6.45, 7) is 7.21. The first-order valence-electron chi connectivity index (χ1n) is 10.6. The van der Waals surface area contributed by atoms with Crippen molar-refractivity contribution in [3.05, 3.63) is 68.5 Å². The lowest BCUT2D eigenvalue weighted by Gasteiger charge is -2.18. The fourth-order valence-corrected chi connectivity index (χ4v) is 4.73. The molecule has 0 amide bonds. The van der Waals surface area contributed by atoms with Gasteiger partial charge in [0.25, 0.3) is 0 Å². The molecule has 1 unspecified atom stereocenters. The molecule has 0 fully saturated rings. The van der Waals surface area contributed by atoms with Crippen LogP contribution < -0.4 is 15.1 Å². The van der Waals surface area contributed by atoms with Gasteiger partial charge in [-0.3, -0.25) is 0 Å². The Morgan fingerprint density at radius 2 is 1.79 bits per heavy atom. The Morgan fingerprint density at radius 1 is 1.12 bits per heavy atom. The zero-order chi connectivity index (χ0) is 24.3. The molecule has 176 valence electrons. The molecule has 3 aromatic rings. The third kappa shape index (κ3) is 5.63. The highest BCUT2D eigenvalue weighted by atomic mass is 35.5. The molecule has 7 nitrogen and oxygen atoms in total. The van der Waals surface area contributed by atoms with Gasteiger partial charge >= 0.3 is 11.6 Å². The first-order valence-corrected chi connectivity index (χ1v) is 12.4. The van der Waals surface area contributed by atoms with E-state index in [0.717, 1.165) is 12.0 Å². The second-order valence-corrected chi connectivity index (χ2v) is 10.1. The maximum absolute atomic E-state index is 13.0. The van der Waals surface area contributed by atoms with E-state index in [9.17, 15) is 18.0 Å². The second-order valence-electron chi connectivity index (χ2n) is 7.97. The van der Waals surface area contributed by atoms with Crippen LogP contribution in [0.3, 0.4) is 0 Å². The number of aryl methyl sites for hydroxylation is 2. The van der Waals surface area contributed by atoms with E-state index >= 15 is 0 Å². The molecule has 1 N–H and O–H groups in total. The summed E-state index contributed by atoms with van der Waals surface area (Å²) < 4.78 is 38.9. The van der Waals surface area contributed by atoms with E-state index in [-0.39, 0.29) is 27.7 Å². The van der Waals surface area contributed by atoms with Crippen LogP contribution in [0.5, 0.6) is 5.75 Å². The Morgan fingerprint density at radius 3 is 2.42 bits per heavy atom. The molecule has 33 heavy (non-hydrogen) atoms. The van der Waals surface area contributed by atoms with E-state index in [1.54, 1.807) is 32.0 Å². The van der Waals surface area contributed by atoms with Crippen LogP contribution in [0, 0.1) is 20.8 Å². The highest BCUT2D eigenvalue weighted by Crippen LogP contribution is 2.32. The average molecular weight is 492 g/mol. The van der Waals surface area contributed by atoms with Crippen LogP contribution >= 0.6 is 11.6 Å². The molecular formula is C24H26ClNO6S. The lowest BCUT2D eigenvalue weighted by Crippen LogP contribution is -2.43. The van der Waals surface area contributed by atoms with Crippen LogP contribution in [0.2, 0.25) is 5.02 Å². The summed E-state index contributed by atoms with van der Waals surface area (Å²) in [6.07, 6.45) is 1.62. The Kier molecular flexibility index (Phi) is 7.62. The van der Waals surface area contributed by atoms with E-state index in [1.807, 2.05) is 13.8 Å². The van der Waals surface area contributed by atoms with E-state index in [2.05, 4.69) is 4.72 Å². The number of hydrogen-bond acceptors (Lipinski definition) is 6. The largest absolute Gasteiger partial charge is 0.424 e. The molecule has 0 saturated carbocycles. The number of rotatable bonds is 8. The van der Waals surface area contributed by atoms with Crippen LogP contribution in [0.25, 0.3) is 11.0 Å². The smallest absolute Gasteiger partial charge is 0.339 e. The first-order chi connectivity index (χ1) is 15.5. The van der Waals surface area contributed by atoms with Crippen molar-refractivity contribution in [2.45, 2.75) is 57.9 Å². The number of sulfonamides is 1. The van der Waals surface area contributed by atoms with Crippen molar-refractivity contribution in [2.24, 2.45) is 0 Å². The van der Waals surface area contributed by atoms with Crippen molar-refractivity contribution in [3.8, 4) is 5.75 Å². The van der Waals surface area contributed by atoms with Gasteiger partial charge in [0, 0.05) is 17.0 Å². The molecular weight excluding hydrogens is 466 g/mol. The van der Waals surface area contributed by atoms with Crippen molar-refractivity contribution in [1.29, 1.82) is 0 Å². The number of carbonyl (C=O) groups is 1. The topological polar surface area (TPSA) is 103 Å². The quantitative estimate of drug-likeness (QED) is 0.275. The van der Waals surface area contributed by atoms with E-state index < -0.39 is 27.7 Å². The highest BCUT2D eigenvalue weighted by Gasteiger charge is 2.28. The number of carbonyl (C=O) groups excluding carboxylic acids is 1. The van der Waals surface area contributed by atoms with Gasteiger partial charge in [-0.25, -0.2) is 18.0 Å². The van der Waals surface area contributed by atoms with E-state index in [4.69, 9.17) is 20.8 Å². The molecule has 1 heterocycles. The van der Waals surface area contributed by atoms with Gasteiger partial charge in [-0.2, -0.15) is 4.72 Å². The van der Waals surface area contributed by atoms with Crippen molar-refractivity contribution in [2.75, 3.05) is 0 Å². The summed E-state index contributed by atoms with van der Waals surface area (Å²) in [5.74, 6) is -0.817. The number of fused-ring (bicyclic) bond motifs is 1. The number of esters is 1. The number of unbranched alkanes of at least 4 members (excludes halogenated alkanes) is 1. The molecule has 1 aromatic heterocycles. The minimum atomic E-state index is -3.95. The third-order valence-electron chi connectivity index (χ3n) is 5.48. The monoisotopic (exact) mass is 491 g/mol. The van der Waals surface area contributed by atoms with E-state index in [1.165, 1.54) is 18.2 Å². The zero-order valence-electron chi connectivity index (χ0n) is 18.9. The Balaban J connectivity index is 1.90. The van der Waals surface area contributed by atoms with Gasteiger partial charge in [-0.05, 0) is 51.0 Å². The van der Waals surface area contributed by atoms with Crippen LogP contribution in [0.4, 0.5) is 0 Å². The molecule has 0 aliphatic carbocycles. The predicted octanol–water partition coefficient (Wildman–Crippen LogP) is 4.81. The molecule has 0 aliphatic heterocycles. The summed E-state index contributed by atoms with van der Waals surface area (Å²) in [6, 6.07) is 8.13. The van der Waals surface area contributed by atoms with Gasteiger partial charge in [-0.1, -0.05) is 49.1 Å². The highest BCUT2D eigenvalue weighted by molar-refractivity contribution is 7.89. The minimum absolute atomic E-state index is 0.0170. The molecule has 0 saturated heterocycles. The number of nitrogens with one attached hydrogen (secondary N) is 1. The van der Waals surface area contributed by atoms with Gasteiger partial charge in [0.2, 0.25) is 10.0 Å². The lowest BCUT2D eigenvalue weighted by atomic mass is 10.1. The minimum Gasteiger partial charge on any atom is -0.424 e. The molecule has 1 atom stereocenters. The third-order valence-corrected chi connectivity index (χ3v) is 7.26. The number of halogens is 1. The van der Waals surface area contributed by atoms with Gasteiger partial charge in [0.05, 0.1) is 9.92 Å². The fourth-order valence-electron chi connectivity index (χ4n) is 3.31. The molecule has 9 heteroatoms. The van der Waals surface area contributed by atoms with Crippen LogP contribution in [0.15, 0.2) is 50.5 Å². The molecule has 0 spiro atoms. The van der Waals surface area contributed by atoms with Crippen molar-refractivity contribution < 1.29 is 22.4 Å². The molecule has 0 bridgehead atoms. The van der Waals surface area contributed by atoms with Crippen molar-refractivity contribution in [3.63, 3.8) is 0 Å². The summed E-state index contributed by atoms with van der Waals surface area (Å²) in [7, 11) is -3.95. The second kappa shape index (κ2) is 10.1.